The predicted molar refractivity (Wildman–Crippen MR) is 65.2 cm³/mol. The van der Waals surface area contributed by atoms with Crippen LogP contribution in [0.1, 0.15) is 38.2 Å². The molecule has 3 heteroatoms. The summed E-state index contributed by atoms with van der Waals surface area (Å²) in [7, 11) is 0. The molecule has 1 aromatic rings. The van der Waals surface area contributed by atoms with E-state index in [0.29, 0.717) is 6.42 Å². The fourth-order valence-corrected chi connectivity index (χ4v) is 2.44. The van der Waals surface area contributed by atoms with Crippen LogP contribution in [0.4, 0.5) is 4.39 Å². The van der Waals surface area contributed by atoms with Crippen molar-refractivity contribution >= 4 is 5.91 Å². The predicted octanol–water partition coefficient (Wildman–Crippen LogP) is 2.94. The molecule has 1 aliphatic rings. The van der Waals surface area contributed by atoms with Gasteiger partial charge in [-0.3, -0.25) is 4.79 Å². The first kappa shape index (κ1) is 12.1. The maximum Gasteiger partial charge on any atom is 0.223 e. The van der Waals surface area contributed by atoms with Crippen molar-refractivity contribution in [3.8, 4) is 0 Å². The number of carbonyl (C=O) groups is 1. The average molecular weight is 235 g/mol. The molecular weight excluding hydrogens is 217 g/mol. The molecule has 0 bridgehead atoms. The van der Waals surface area contributed by atoms with E-state index in [9.17, 15) is 9.18 Å². The van der Waals surface area contributed by atoms with Gasteiger partial charge < -0.3 is 4.90 Å². The van der Waals surface area contributed by atoms with Crippen LogP contribution in [0.15, 0.2) is 24.3 Å². The first-order valence-corrected chi connectivity index (χ1v) is 6.13. The molecule has 0 aromatic heterocycles. The Morgan fingerprint density at radius 3 is 2.76 bits per heavy atom. The van der Waals surface area contributed by atoms with Gasteiger partial charge in [0.1, 0.15) is 5.82 Å². The van der Waals surface area contributed by atoms with E-state index in [1.54, 1.807) is 12.1 Å². The molecule has 1 aromatic carbocycles. The maximum atomic E-state index is 13.1. The van der Waals surface area contributed by atoms with Gasteiger partial charge in [0.05, 0.1) is 0 Å². The van der Waals surface area contributed by atoms with Gasteiger partial charge in [0.15, 0.2) is 0 Å². The molecule has 1 aliphatic heterocycles. The van der Waals surface area contributed by atoms with Gasteiger partial charge in [-0.15, -0.1) is 0 Å². The summed E-state index contributed by atoms with van der Waals surface area (Å²) in [6.45, 7) is 4.83. The molecule has 1 unspecified atom stereocenters. The third kappa shape index (κ3) is 2.65. The van der Waals surface area contributed by atoms with Gasteiger partial charge in [-0.25, -0.2) is 4.39 Å². The normalized spacial score (nSPS) is 21.1. The van der Waals surface area contributed by atoms with Crippen LogP contribution in [-0.2, 0) is 4.79 Å². The number of amides is 1. The van der Waals surface area contributed by atoms with Gasteiger partial charge in [-0.05, 0) is 43.9 Å². The first-order chi connectivity index (χ1) is 8.08. The van der Waals surface area contributed by atoms with Crippen molar-refractivity contribution in [3.05, 3.63) is 35.6 Å². The highest BCUT2D eigenvalue weighted by atomic mass is 19.1. The Kier molecular flexibility index (Phi) is 3.46. The lowest BCUT2D eigenvalue weighted by atomic mass is 9.88. The summed E-state index contributed by atoms with van der Waals surface area (Å²) >= 11 is 0. The van der Waals surface area contributed by atoms with E-state index in [1.807, 2.05) is 24.8 Å². The molecule has 0 N–H and O–H groups in total. The summed E-state index contributed by atoms with van der Waals surface area (Å²) in [6.07, 6.45) is 1.43. The van der Waals surface area contributed by atoms with Crippen molar-refractivity contribution in [2.45, 2.75) is 38.6 Å². The van der Waals surface area contributed by atoms with E-state index >= 15 is 0 Å². The molecule has 2 rings (SSSR count). The zero-order valence-electron chi connectivity index (χ0n) is 10.3. The third-order valence-corrected chi connectivity index (χ3v) is 3.40. The SMILES string of the molecule is CC(C)N1CCC(c2cccc(F)c2)CC1=O. The highest BCUT2D eigenvalue weighted by molar-refractivity contribution is 5.78. The second-order valence-corrected chi connectivity index (χ2v) is 4.93. The van der Waals surface area contributed by atoms with Gasteiger partial charge in [-0.2, -0.15) is 0 Å². The molecular formula is C14H18FNO. The number of nitrogens with zero attached hydrogens (tertiary/aromatic N) is 1. The first-order valence-electron chi connectivity index (χ1n) is 6.13. The molecule has 1 atom stereocenters. The Morgan fingerprint density at radius 2 is 2.18 bits per heavy atom. The van der Waals surface area contributed by atoms with Crippen molar-refractivity contribution in [2.24, 2.45) is 0 Å². The van der Waals surface area contributed by atoms with Crippen LogP contribution in [0.25, 0.3) is 0 Å². The van der Waals surface area contributed by atoms with E-state index in [4.69, 9.17) is 0 Å². The second kappa shape index (κ2) is 4.86. The summed E-state index contributed by atoms with van der Waals surface area (Å²) in [5, 5.41) is 0. The number of rotatable bonds is 2. The van der Waals surface area contributed by atoms with Crippen LogP contribution in [0, 0.1) is 5.82 Å². The minimum absolute atomic E-state index is 0.174. The number of hydrogen-bond donors (Lipinski definition) is 0. The zero-order valence-corrected chi connectivity index (χ0v) is 10.3. The second-order valence-electron chi connectivity index (χ2n) is 4.93. The summed E-state index contributed by atoms with van der Waals surface area (Å²) in [6, 6.07) is 6.86. The quantitative estimate of drug-likeness (QED) is 0.771. The monoisotopic (exact) mass is 235 g/mol. The van der Waals surface area contributed by atoms with Crippen molar-refractivity contribution in [2.75, 3.05) is 6.54 Å². The molecule has 0 radical (unpaired) electrons. The molecule has 0 saturated carbocycles. The van der Waals surface area contributed by atoms with Gasteiger partial charge in [-0.1, -0.05) is 12.1 Å². The lowest BCUT2D eigenvalue weighted by molar-refractivity contribution is -0.135. The van der Waals surface area contributed by atoms with Gasteiger partial charge in [0, 0.05) is 19.0 Å². The van der Waals surface area contributed by atoms with Crippen molar-refractivity contribution in [1.29, 1.82) is 0 Å². The fraction of sp³-hybridized carbons (Fsp3) is 0.500. The van der Waals surface area contributed by atoms with Crippen LogP contribution >= 0.6 is 0 Å². The maximum absolute atomic E-state index is 13.1. The smallest absolute Gasteiger partial charge is 0.223 e. The standard InChI is InChI=1S/C14H18FNO/c1-10(2)16-7-6-12(9-14(16)17)11-4-3-5-13(15)8-11/h3-5,8,10,12H,6-7,9H2,1-2H3. The lowest BCUT2D eigenvalue weighted by Gasteiger charge is -2.34. The Balaban J connectivity index is 2.09. The number of halogens is 1. The van der Waals surface area contributed by atoms with E-state index in [1.165, 1.54) is 6.07 Å². The molecule has 0 aliphatic carbocycles. The molecule has 2 nitrogen and oxygen atoms in total. The number of piperidine rings is 1. The summed E-state index contributed by atoms with van der Waals surface area (Å²) in [4.78, 5) is 13.8. The van der Waals surface area contributed by atoms with Crippen LogP contribution in [0.5, 0.6) is 0 Å². The van der Waals surface area contributed by atoms with Crippen LogP contribution < -0.4 is 0 Å². The van der Waals surface area contributed by atoms with Gasteiger partial charge in [0.2, 0.25) is 5.91 Å². The van der Waals surface area contributed by atoms with E-state index in [2.05, 4.69) is 0 Å². The van der Waals surface area contributed by atoms with Crippen LogP contribution in [0.3, 0.4) is 0 Å². The lowest BCUT2D eigenvalue weighted by Crippen LogP contribution is -2.42. The molecule has 17 heavy (non-hydrogen) atoms. The van der Waals surface area contributed by atoms with E-state index < -0.39 is 0 Å². The average Bonchev–Trinajstić information content (AvgIpc) is 2.28. The molecule has 0 spiro atoms. The Morgan fingerprint density at radius 1 is 1.41 bits per heavy atom. The number of benzene rings is 1. The van der Waals surface area contributed by atoms with E-state index in [-0.39, 0.29) is 23.7 Å². The third-order valence-electron chi connectivity index (χ3n) is 3.40. The number of hydrogen-bond acceptors (Lipinski definition) is 1. The highest BCUT2D eigenvalue weighted by Crippen LogP contribution is 2.29. The van der Waals surface area contributed by atoms with Crippen molar-refractivity contribution < 1.29 is 9.18 Å². The summed E-state index contributed by atoms with van der Waals surface area (Å²) in [5.41, 5.74) is 0.946. The fourth-order valence-electron chi connectivity index (χ4n) is 2.44. The van der Waals surface area contributed by atoms with Gasteiger partial charge in [0.25, 0.3) is 0 Å². The molecule has 1 saturated heterocycles. The molecule has 1 heterocycles. The largest absolute Gasteiger partial charge is 0.340 e. The van der Waals surface area contributed by atoms with Crippen molar-refractivity contribution in [3.63, 3.8) is 0 Å². The highest BCUT2D eigenvalue weighted by Gasteiger charge is 2.28. The van der Waals surface area contributed by atoms with Gasteiger partial charge >= 0.3 is 0 Å². The van der Waals surface area contributed by atoms with Crippen LogP contribution in [0.2, 0.25) is 0 Å². The summed E-state index contributed by atoms with van der Waals surface area (Å²) < 4.78 is 13.1. The van der Waals surface area contributed by atoms with Crippen molar-refractivity contribution in [1.82, 2.24) is 4.90 Å². The molecule has 1 amide bonds. The Hall–Kier alpha value is -1.38. The Bertz CT molecular complexity index is 416. The Labute approximate surface area is 101 Å². The number of carbonyl (C=O) groups excluding carboxylic acids is 1. The van der Waals surface area contributed by atoms with E-state index in [0.717, 1.165) is 18.5 Å². The number of likely N-dealkylation sites (tertiary alicyclic amines) is 1. The summed E-state index contributed by atoms with van der Waals surface area (Å²) in [5.74, 6) is 0.134. The topological polar surface area (TPSA) is 20.3 Å². The molecule has 1 fully saturated rings. The van der Waals surface area contributed by atoms with Crippen LogP contribution in [-0.4, -0.2) is 23.4 Å². The minimum atomic E-state index is -0.221. The zero-order chi connectivity index (χ0) is 12.4. The minimum Gasteiger partial charge on any atom is -0.340 e. The molecule has 92 valence electrons.